The van der Waals surface area contributed by atoms with Gasteiger partial charge in [0, 0.05) is 5.69 Å². The second kappa shape index (κ2) is 6.32. The zero-order valence-electron chi connectivity index (χ0n) is 11.5. The molecule has 0 atom stereocenters. The van der Waals surface area contributed by atoms with Crippen molar-refractivity contribution in [2.75, 3.05) is 11.1 Å². The summed E-state index contributed by atoms with van der Waals surface area (Å²) in [6.07, 6.45) is 1.32. The van der Waals surface area contributed by atoms with Crippen LogP contribution < -0.4 is 15.8 Å². The Morgan fingerprint density at radius 1 is 0.909 bits per heavy atom. The first-order valence-corrected chi connectivity index (χ1v) is 6.96. The van der Waals surface area contributed by atoms with Crippen LogP contribution in [-0.4, -0.2) is 9.97 Å². The van der Waals surface area contributed by atoms with Crippen LogP contribution in [0.1, 0.15) is 0 Å². The number of hydrogen-bond acceptors (Lipinski definition) is 5. The molecule has 3 aromatic rings. The molecular weight excluding hydrogens is 300 g/mol. The zero-order valence-corrected chi connectivity index (χ0v) is 12.3. The largest absolute Gasteiger partial charge is 0.457 e. The van der Waals surface area contributed by atoms with Crippen LogP contribution >= 0.6 is 11.6 Å². The predicted octanol–water partition coefficient (Wildman–Crippen LogP) is 4.25. The summed E-state index contributed by atoms with van der Waals surface area (Å²) in [7, 11) is 0. The molecule has 0 bridgehead atoms. The maximum atomic E-state index is 6.00. The van der Waals surface area contributed by atoms with E-state index in [4.69, 9.17) is 22.1 Å². The van der Waals surface area contributed by atoms with Gasteiger partial charge in [0.15, 0.2) is 11.0 Å². The van der Waals surface area contributed by atoms with Gasteiger partial charge in [-0.05, 0) is 36.4 Å². The third-order valence-corrected chi connectivity index (χ3v) is 3.22. The molecule has 0 unspecified atom stereocenters. The van der Waals surface area contributed by atoms with Crippen LogP contribution in [0.2, 0.25) is 5.15 Å². The van der Waals surface area contributed by atoms with E-state index in [2.05, 4.69) is 15.3 Å². The quantitative estimate of drug-likeness (QED) is 0.705. The van der Waals surface area contributed by atoms with Crippen LogP contribution in [-0.2, 0) is 0 Å². The first-order chi connectivity index (χ1) is 10.7. The molecule has 0 radical (unpaired) electrons. The number of halogens is 1. The van der Waals surface area contributed by atoms with Crippen LogP contribution in [0.25, 0.3) is 0 Å². The Labute approximate surface area is 132 Å². The Morgan fingerprint density at radius 2 is 1.59 bits per heavy atom. The Hall–Kier alpha value is -2.79. The molecule has 110 valence electrons. The lowest BCUT2D eigenvalue weighted by atomic mass is 10.3. The number of para-hydroxylation sites is 1. The summed E-state index contributed by atoms with van der Waals surface area (Å²) in [5.41, 5.74) is 7.07. The number of aromatic nitrogens is 2. The predicted molar refractivity (Wildman–Crippen MR) is 87.7 cm³/mol. The number of nitrogens with zero attached hydrogens (tertiary/aromatic N) is 2. The lowest BCUT2D eigenvalue weighted by molar-refractivity contribution is 0.483. The van der Waals surface area contributed by atoms with E-state index in [0.29, 0.717) is 11.5 Å². The Balaban J connectivity index is 1.74. The average molecular weight is 313 g/mol. The first-order valence-electron chi connectivity index (χ1n) is 6.58. The van der Waals surface area contributed by atoms with E-state index >= 15 is 0 Å². The number of nitrogen functional groups attached to an aromatic ring is 1. The molecule has 6 heteroatoms. The highest BCUT2D eigenvalue weighted by atomic mass is 35.5. The summed E-state index contributed by atoms with van der Waals surface area (Å²) in [6.45, 7) is 0. The van der Waals surface area contributed by atoms with Crippen LogP contribution in [0.4, 0.5) is 17.2 Å². The van der Waals surface area contributed by atoms with Gasteiger partial charge in [0.25, 0.3) is 0 Å². The lowest BCUT2D eigenvalue weighted by Gasteiger charge is -2.10. The molecule has 0 aliphatic heterocycles. The number of anilines is 3. The van der Waals surface area contributed by atoms with Crippen molar-refractivity contribution in [2.24, 2.45) is 0 Å². The monoisotopic (exact) mass is 312 g/mol. The van der Waals surface area contributed by atoms with E-state index in [1.807, 2.05) is 54.6 Å². The van der Waals surface area contributed by atoms with Gasteiger partial charge in [0.1, 0.15) is 23.5 Å². The third-order valence-electron chi connectivity index (χ3n) is 2.93. The summed E-state index contributed by atoms with van der Waals surface area (Å²) in [5, 5.41) is 3.37. The standard InChI is InChI=1S/C16H13ClN4O/c17-15-14(16(18)20-10-19-15)21-11-6-8-13(9-7-11)22-12-4-2-1-3-5-12/h1-10,21H,(H2,18,19,20). The zero-order chi connectivity index (χ0) is 15.4. The van der Waals surface area contributed by atoms with Gasteiger partial charge >= 0.3 is 0 Å². The molecule has 0 saturated carbocycles. The Kier molecular flexibility index (Phi) is 4.07. The van der Waals surface area contributed by atoms with Crippen LogP contribution in [0.15, 0.2) is 60.9 Å². The minimum atomic E-state index is 0.275. The first kappa shape index (κ1) is 14.2. The van der Waals surface area contributed by atoms with Gasteiger partial charge in [0.2, 0.25) is 0 Å². The topological polar surface area (TPSA) is 73.1 Å². The molecule has 0 amide bonds. The maximum Gasteiger partial charge on any atom is 0.158 e. The minimum Gasteiger partial charge on any atom is -0.457 e. The van der Waals surface area contributed by atoms with Gasteiger partial charge < -0.3 is 15.8 Å². The third kappa shape index (κ3) is 3.27. The van der Waals surface area contributed by atoms with Crippen molar-refractivity contribution in [1.29, 1.82) is 0 Å². The summed E-state index contributed by atoms with van der Waals surface area (Å²) in [5.74, 6) is 1.82. The number of nitrogens with one attached hydrogen (secondary N) is 1. The van der Waals surface area contributed by atoms with Gasteiger partial charge in [-0.15, -0.1) is 0 Å². The van der Waals surface area contributed by atoms with E-state index in [-0.39, 0.29) is 5.15 Å². The SMILES string of the molecule is Nc1ncnc(Cl)c1Nc1ccc(Oc2ccccc2)cc1. The van der Waals surface area contributed by atoms with Crippen molar-refractivity contribution < 1.29 is 4.74 Å². The normalized spacial score (nSPS) is 10.2. The Bertz CT molecular complexity index is 743. The number of hydrogen-bond donors (Lipinski definition) is 2. The highest BCUT2D eigenvalue weighted by molar-refractivity contribution is 6.32. The second-order valence-electron chi connectivity index (χ2n) is 4.49. The molecule has 1 heterocycles. The fourth-order valence-electron chi connectivity index (χ4n) is 1.87. The lowest BCUT2D eigenvalue weighted by Crippen LogP contribution is -2.00. The van der Waals surface area contributed by atoms with Crippen LogP contribution in [0, 0.1) is 0 Å². The van der Waals surface area contributed by atoms with E-state index < -0.39 is 0 Å². The maximum absolute atomic E-state index is 6.00. The Morgan fingerprint density at radius 3 is 2.27 bits per heavy atom. The van der Waals surface area contributed by atoms with Gasteiger partial charge in [-0.1, -0.05) is 29.8 Å². The number of ether oxygens (including phenoxy) is 1. The molecule has 22 heavy (non-hydrogen) atoms. The minimum absolute atomic E-state index is 0.275. The summed E-state index contributed by atoms with van der Waals surface area (Å²) >= 11 is 6.00. The number of benzene rings is 2. The van der Waals surface area contributed by atoms with Crippen molar-refractivity contribution in [3.63, 3.8) is 0 Å². The molecule has 3 rings (SSSR count). The van der Waals surface area contributed by atoms with Crippen molar-refractivity contribution in [1.82, 2.24) is 9.97 Å². The molecule has 0 saturated heterocycles. The summed E-state index contributed by atoms with van der Waals surface area (Å²) < 4.78 is 5.73. The molecule has 0 fully saturated rings. The van der Waals surface area contributed by atoms with Gasteiger partial charge in [-0.25, -0.2) is 9.97 Å². The van der Waals surface area contributed by atoms with E-state index in [1.54, 1.807) is 0 Å². The summed E-state index contributed by atoms with van der Waals surface area (Å²) in [6, 6.07) is 17.0. The fourth-order valence-corrected chi connectivity index (χ4v) is 2.06. The molecular formula is C16H13ClN4O. The molecule has 3 N–H and O–H groups in total. The highest BCUT2D eigenvalue weighted by Gasteiger charge is 2.07. The van der Waals surface area contributed by atoms with Crippen molar-refractivity contribution in [3.05, 3.63) is 66.1 Å². The van der Waals surface area contributed by atoms with Gasteiger partial charge in [0.05, 0.1) is 0 Å². The van der Waals surface area contributed by atoms with Gasteiger partial charge in [-0.3, -0.25) is 0 Å². The number of nitrogens with two attached hydrogens (primary N) is 1. The van der Waals surface area contributed by atoms with Crippen LogP contribution in [0.5, 0.6) is 11.5 Å². The fraction of sp³-hybridized carbons (Fsp3) is 0. The average Bonchev–Trinajstić information content (AvgIpc) is 2.54. The second-order valence-corrected chi connectivity index (χ2v) is 4.85. The van der Waals surface area contributed by atoms with Crippen molar-refractivity contribution in [3.8, 4) is 11.5 Å². The molecule has 0 aliphatic carbocycles. The molecule has 0 spiro atoms. The molecule has 0 aliphatic rings. The number of rotatable bonds is 4. The van der Waals surface area contributed by atoms with E-state index in [0.717, 1.165) is 17.2 Å². The van der Waals surface area contributed by atoms with E-state index in [9.17, 15) is 0 Å². The smallest absolute Gasteiger partial charge is 0.158 e. The van der Waals surface area contributed by atoms with Crippen molar-refractivity contribution in [2.45, 2.75) is 0 Å². The van der Waals surface area contributed by atoms with E-state index in [1.165, 1.54) is 6.33 Å². The summed E-state index contributed by atoms with van der Waals surface area (Å²) in [4.78, 5) is 7.80. The van der Waals surface area contributed by atoms with Crippen molar-refractivity contribution >= 4 is 28.8 Å². The highest BCUT2D eigenvalue weighted by Crippen LogP contribution is 2.29. The molecule has 5 nitrogen and oxygen atoms in total. The van der Waals surface area contributed by atoms with Crippen LogP contribution in [0.3, 0.4) is 0 Å². The molecule has 2 aromatic carbocycles. The molecule has 1 aromatic heterocycles. The van der Waals surface area contributed by atoms with Gasteiger partial charge in [-0.2, -0.15) is 0 Å².